The number of rotatable bonds is 3. The lowest BCUT2D eigenvalue weighted by molar-refractivity contribution is 0.616. The van der Waals surface area contributed by atoms with E-state index in [1.54, 1.807) is 0 Å². The molecule has 1 heterocycles. The zero-order valence-electron chi connectivity index (χ0n) is 10.6. The summed E-state index contributed by atoms with van der Waals surface area (Å²) < 4.78 is 6.23. The molecule has 0 saturated heterocycles. The molecule has 1 aliphatic rings. The third-order valence-electron chi connectivity index (χ3n) is 3.27. The van der Waals surface area contributed by atoms with Gasteiger partial charge in [-0.3, -0.25) is 0 Å². The number of benzene rings is 2. The van der Waals surface area contributed by atoms with E-state index in [0.717, 1.165) is 11.9 Å². The summed E-state index contributed by atoms with van der Waals surface area (Å²) in [5, 5.41) is 1.40. The van der Waals surface area contributed by atoms with Crippen molar-refractivity contribution in [3.05, 3.63) is 48.5 Å². The standard InChI is InChI=1S/C16H17OP/c1-2-3-12-18-16-11-7-5-9-14(16)13-8-4-6-10-15(13)17-18/h4-11H,2-3,12H2,1H3. The highest BCUT2D eigenvalue weighted by atomic mass is 31.1. The molecule has 0 amide bonds. The first kappa shape index (κ1) is 11.7. The maximum atomic E-state index is 6.23. The Bertz CT molecular complexity index is 550. The quantitative estimate of drug-likeness (QED) is 0.731. The molecule has 1 nitrogen and oxygen atoms in total. The van der Waals surface area contributed by atoms with Gasteiger partial charge in [0.05, 0.1) is 0 Å². The van der Waals surface area contributed by atoms with Gasteiger partial charge in [-0.25, -0.2) is 0 Å². The number of hydrogen-bond donors (Lipinski definition) is 0. The van der Waals surface area contributed by atoms with Gasteiger partial charge < -0.3 is 4.52 Å². The molecule has 18 heavy (non-hydrogen) atoms. The van der Waals surface area contributed by atoms with Crippen molar-refractivity contribution in [2.75, 3.05) is 6.16 Å². The zero-order valence-corrected chi connectivity index (χ0v) is 11.5. The maximum absolute atomic E-state index is 6.23. The van der Waals surface area contributed by atoms with E-state index >= 15 is 0 Å². The van der Waals surface area contributed by atoms with Gasteiger partial charge in [-0.05, 0) is 18.1 Å². The van der Waals surface area contributed by atoms with Crippen LogP contribution in [-0.2, 0) is 0 Å². The van der Waals surface area contributed by atoms with Crippen LogP contribution >= 0.6 is 8.15 Å². The van der Waals surface area contributed by atoms with E-state index in [-0.39, 0.29) is 0 Å². The van der Waals surface area contributed by atoms with Gasteiger partial charge >= 0.3 is 0 Å². The van der Waals surface area contributed by atoms with Crippen LogP contribution in [0.25, 0.3) is 11.1 Å². The predicted molar refractivity (Wildman–Crippen MR) is 78.8 cm³/mol. The second-order valence-electron chi connectivity index (χ2n) is 4.56. The molecule has 0 fully saturated rings. The lowest BCUT2D eigenvalue weighted by Crippen LogP contribution is -2.15. The van der Waals surface area contributed by atoms with Crippen LogP contribution in [0.15, 0.2) is 48.5 Å². The van der Waals surface area contributed by atoms with Crippen molar-refractivity contribution in [2.45, 2.75) is 19.8 Å². The van der Waals surface area contributed by atoms with Crippen molar-refractivity contribution in [3.8, 4) is 16.9 Å². The molecule has 2 aromatic carbocycles. The molecular formula is C16H17OP. The maximum Gasteiger partial charge on any atom is 0.131 e. The van der Waals surface area contributed by atoms with Gasteiger partial charge in [0.1, 0.15) is 13.9 Å². The third kappa shape index (κ3) is 2.04. The van der Waals surface area contributed by atoms with E-state index < -0.39 is 8.15 Å². The van der Waals surface area contributed by atoms with Crippen LogP contribution in [0.3, 0.4) is 0 Å². The Morgan fingerprint density at radius 2 is 1.67 bits per heavy atom. The number of para-hydroxylation sites is 1. The number of unbranched alkanes of at least 4 members (excludes halogenated alkanes) is 1. The Kier molecular flexibility index (Phi) is 3.34. The van der Waals surface area contributed by atoms with E-state index in [0.29, 0.717) is 0 Å². The van der Waals surface area contributed by atoms with E-state index in [1.165, 1.54) is 29.3 Å². The van der Waals surface area contributed by atoms with Crippen LogP contribution in [-0.4, -0.2) is 6.16 Å². The molecule has 0 saturated carbocycles. The predicted octanol–water partition coefficient (Wildman–Crippen LogP) is 4.57. The fourth-order valence-electron chi connectivity index (χ4n) is 2.32. The van der Waals surface area contributed by atoms with Crippen LogP contribution in [0, 0.1) is 0 Å². The van der Waals surface area contributed by atoms with Crippen molar-refractivity contribution in [1.29, 1.82) is 0 Å². The second-order valence-corrected chi connectivity index (χ2v) is 6.43. The summed E-state index contributed by atoms with van der Waals surface area (Å²) in [7, 11) is -0.480. The molecule has 1 aliphatic heterocycles. The lowest BCUT2D eigenvalue weighted by Gasteiger charge is -2.28. The second kappa shape index (κ2) is 5.12. The molecule has 2 aromatic rings. The van der Waals surface area contributed by atoms with Crippen molar-refractivity contribution in [3.63, 3.8) is 0 Å². The van der Waals surface area contributed by atoms with Crippen molar-refractivity contribution < 1.29 is 4.52 Å². The van der Waals surface area contributed by atoms with E-state index in [2.05, 4.69) is 55.5 Å². The first-order chi connectivity index (χ1) is 8.90. The molecular weight excluding hydrogens is 239 g/mol. The Hall–Kier alpha value is -1.33. The smallest absolute Gasteiger partial charge is 0.131 e. The zero-order chi connectivity index (χ0) is 12.4. The fourth-order valence-corrected chi connectivity index (χ4v) is 4.47. The normalized spacial score (nSPS) is 16.6. The van der Waals surface area contributed by atoms with Gasteiger partial charge in [-0.1, -0.05) is 55.8 Å². The van der Waals surface area contributed by atoms with Crippen LogP contribution in [0.1, 0.15) is 19.8 Å². The lowest BCUT2D eigenvalue weighted by atomic mass is 10.0. The Morgan fingerprint density at radius 1 is 0.944 bits per heavy atom. The highest BCUT2D eigenvalue weighted by Crippen LogP contribution is 2.48. The molecule has 1 atom stereocenters. The SMILES string of the molecule is CCCCP1Oc2ccccc2-c2ccccc21. The summed E-state index contributed by atoms with van der Waals surface area (Å²) >= 11 is 0. The average Bonchev–Trinajstić information content (AvgIpc) is 2.45. The number of hydrogen-bond acceptors (Lipinski definition) is 1. The van der Waals surface area contributed by atoms with Crippen molar-refractivity contribution >= 4 is 13.5 Å². The molecule has 2 heteroatoms. The van der Waals surface area contributed by atoms with Crippen LogP contribution in [0.2, 0.25) is 0 Å². The van der Waals surface area contributed by atoms with Gasteiger partial charge in [0, 0.05) is 17.0 Å². The first-order valence-electron chi connectivity index (χ1n) is 6.54. The summed E-state index contributed by atoms with van der Waals surface area (Å²) in [5.41, 5.74) is 2.60. The summed E-state index contributed by atoms with van der Waals surface area (Å²) in [5.74, 6) is 1.05. The molecule has 3 rings (SSSR count). The van der Waals surface area contributed by atoms with Gasteiger partial charge in [0.25, 0.3) is 0 Å². The monoisotopic (exact) mass is 256 g/mol. The van der Waals surface area contributed by atoms with E-state index in [4.69, 9.17) is 4.52 Å². The Balaban J connectivity index is 2.05. The minimum absolute atomic E-state index is 0.480. The minimum atomic E-state index is -0.480. The van der Waals surface area contributed by atoms with Gasteiger partial charge in [-0.2, -0.15) is 0 Å². The molecule has 0 bridgehead atoms. The molecule has 0 spiro atoms. The van der Waals surface area contributed by atoms with Gasteiger partial charge in [0.15, 0.2) is 0 Å². The van der Waals surface area contributed by atoms with Crippen LogP contribution in [0.4, 0.5) is 0 Å². The van der Waals surface area contributed by atoms with Crippen molar-refractivity contribution in [2.24, 2.45) is 0 Å². The Labute approximate surface area is 110 Å². The highest BCUT2D eigenvalue weighted by Gasteiger charge is 2.25. The molecule has 0 aliphatic carbocycles. The van der Waals surface area contributed by atoms with Crippen molar-refractivity contribution in [1.82, 2.24) is 0 Å². The van der Waals surface area contributed by atoms with Gasteiger partial charge in [-0.15, -0.1) is 0 Å². The summed E-state index contributed by atoms with van der Waals surface area (Å²) in [6.45, 7) is 2.24. The third-order valence-corrected chi connectivity index (χ3v) is 5.34. The van der Waals surface area contributed by atoms with Gasteiger partial charge in [0.2, 0.25) is 0 Å². The molecule has 0 N–H and O–H groups in total. The molecule has 0 radical (unpaired) electrons. The molecule has 1 unspecified atom stereocenters. The van der Waals surface area contributed by atoms with E-state index in [9.17, 15) is 0 Å². The minimum Gasteiger partial charge on any atom is -0.469 e. The van der Waals surface area contributed by atoms with Crippen LogP contribution < -0.4 is 9.83 Å². The topological polar surface area (TPSA) is 9.23 Å². The number of fused-ring (bicyclic) bond motifs is 3. The largest absolute Gasteiger partial charge is 0.469 e. The summed E-state index contributed by atoms with van der Waals surface area (Å²) in [6.07, 6.45) is 3.63. The van der Waals surface area contributed by atoms with Crippen LogP contribution in [0.5, 0.6) is 5.75 Å². The first-order valence-corrected chi connectivity index (χ1v) is 7.98. The fraction of sp³-hybridized carbons (Fsp3) is 0.250. The van der Waals surface area contributed by atoms with E-state index in [1.807, 2.05) is 0 Å². The average molecular weight is 256 g/mol. The Morgan fingerprint density at radius 3 is 2.50 bits per heavy atom. The summed E-state index contributed by atoms with van der Waals surface area (Å²) in [6, 6.07) is 17.1. The molecule has 92 valence electrons. The summed E-state index contributed by atoms with van der Waals surface area (Å²) in [4.78, 5) is 0. The molecule has 0 aromatic heterocycles. The highest BCUT2D eigenvalue weighted by molar-refractivity contribution is 7.61.